The van der Waals surface area contributed by atoms with Gasteiger partial charge in [0.1, 0.15) is 17.3 Å². The number of hydrogen-bond donors (Lipinski definition) is 2. The average molecular weight is 791 g/mol. The molecule has 56 heavy (non-hydrogen) atoms. The minimum atomic E-state index is -1.37. The molecular weight excluding hydrogens is 752 g/mol. The van der Waals surface area contributed by atoms with E-state index in [4.69, 9.17) is 21.4 Å². The van der Waals surface area contributed by atoms with E-state index in [0.29, 0.717) is 28.5 Å². The molecule has 2 N–H and O–H groups in total. The number of nitrogens with zero attached hydrogens (tertiary/aromatic N) is 4. The number of aromatic hydroxyl groups is 2. The Hall–Kier alpha value is -5.46. The van der Waals surface area contributed by atoms with Gasteiger partial charge >= 0.3 is 0 Å². The zero-order chi connectivity index (χ0) is 39.4. The van der Waals surface area contributed by atoms with Crippen LogP contribution in [0.4, 0.5) is 5.82 Å². The van der Waals surface area contributed by atoms with Crippen LogP contribution >= 0.6 is 22.9 Å². The highest BCUT2D eigenvalue weighted by atomic mass is 35.5. The van der Waals surface area contributed by atoms with Crippen LogP contribution in [-0.2, 0) is 32.6 Å². The number of amides is 4. The molecular formula is C43H39ClN4O7S. The Morgan fingerprint density at radius 2 is 1.75 bits per heavy atom. The van der Waals surface area contributed by atoms with Gasteiger partial charge < -0.3 is 14.9 Å². The molecule has 4 amide bonds. The van der Waals surface area contributed by atoms with E-state index in [1.165, 1.54) is 16.9 Å². The zero-order valence-corrected chi connectivity index (χ0v) is 32.7. The van der Waals surface area contributed by atoms with Crippen molar-refractivity contribution in [3.63, 3.8) is 0 Å². The topological polar surface area (TPSA) is 142 Å². The fourth-order valence-electron chi connectivity index (χ4n) is 9.92. The van der Waals surface area contributed by atoms with Crippen LogP contribution in [0.5, 0.6) is 17.2 Å². The predicted molar refractivity (Wildman–Crippen MR) is 212 cm³/mol. The first-order valence-corrected chi connectivity index (χ1v) is 19.8. The molecule has 6 atom stereocenters. The van der Waals surface area contributed by atoms with Crippen LogP contribution in [0.15, 0.2) is 78.4 Å². The van der Waals surface area contributed by atoms with Crippen molar-refractivity contribution in [1.82, 2.24) is 14.7 Å². The van der Waals surface area contributed by atoms with E-state index >= 15 is 4.79 Å². The van der Waals surface area contributed by atoms with E-state index in [2.05, 4.69) is 0 Å². The monoisotopic (exact) mass is 790 g/mol. The minimum absolute atomic E-state index is 0.131. The molecule has 13 heteroatoms. The molecule has 0 spiro atoms. The van der Waals surface area contributed by atoms with Crippen molar-refractivity contribution >= 4 is 62.5 Å². The van der Waals surface area contributed by atoms with Crippen molar-refractivity contribution in [3.8, 4) is 27.8 Å². The lowest BCUT2D eigenvalue weighted by atomic mass is 9.51. The number of carbonyl (C=O) groups excluding carboxylic acids is 4. The van der Waals surface area contributed by atoms with Crippen LogP contribution in [0.2, 0.25) is 5.02 Å². The lowest BCUT2D eigenvalue weighted by Crippen LogP contribution is -2.49. The van der Waals surface area contributed by atoms with Gasteiger partial charge in [-0.1, -0.05) is 47.5 Å². The zero-order valence-electron chi connectivity index (χ0n) is 31.2. The van der Waals surface area contributed by atoms with Crippen LogP contribution in [0, 0.1) is 36.0 Å². The summed E-state index contributed by atoms with van der Waals surface area (Å²) in [6.07, 6.45) is 2.85. The van der Waals surface area contributed by atoms with Crippen LogP contribution in [0.3, 0.4) is 0 Å². The van der Waals surface area contributed by atoms with E-state index in [-0.39, 0.29) is 48.4 Å². The third-order valence-corrected chi connectivity index (χ3v) is 14.2. The maximum absolute atomic E-state index is 15.1. The highest BCUT2D eigenvalue weighted by Crippen LogP contribution is 2.65. The molecule has 2 saturated heterocycles. The van der Waals surface area contributed by atoms with Crippen molar-refractivity contribution in [2.45, 2.75) is 39.0 Å². The summed E-state index contributed by atoms with van der Waals surface area (Å²) < 4.78 is 8.10. The first-order valence-electron chi connectivity index (χ1n) is 18.6. The van der Waals surface area contributed by atoms with Gasteiger partial charge in [0, 0.05) is 40.9 Å². The van der Waals surface area contributed by atoms with Crippen LogP contribution < -0.4 is 9.64 Å². The summed E-state index contributed by atoms with van der Waals surface area (Å²) in [5.41, 5.74) is 2.29. The fraction of sp³-hybridized carbons (Fsp3) is 0.326. The van der Waals surface area contributed by atoms with E-state index in [9.17, 15) is 24.6 Å². The summed E-state index contributed by atoms with van der Waals surface area (Å²) in [6, 6.07) is 19.3. The van der Waals surface area contributed by atoms with Crippen molar-refractivity contribution in [2.24, 2.45) is 36.1 Å². The summed E-state index contributed by atoms with van der Waals surface area (Å²) >= 11 is 7.88. The lowest BCUT2D eigenvalue weighted by Gasteiger charge is -2.49. The first-order chi connectivity index (χ1) is 26.8. The average Bonchev–Trinajstić information content (AvgIpc) is 3.85. The number of carbonyl (C=O) groups is 4. The summed E-state index contributed by atoms with van der Waals surface area (Å²) in [6.45, 7) is 3.96. The molecule has 3 aromatic carbocycles. The number of phenols is 2. The van der Waals surface area contributed by atoms with Gasteiger partial charge in [-0.2, -0.15) is 5.10 Å². The highest BCUT2D eigenvalue weighted by molar-refractivity contribution is 7.22. The molecule has 2 aliphatic heterocycles. The Bertz CT molecular complexity index is 2540. The number of anilines is 1. The Morgan fingerprint density at radius 1 is 0.982 bits per heavy atom. The van der Waals surface area contributed by atoms with Gasteiger partial charge in [0.25, 0.3) is 0 Å². The number of ether oxygens (including phenoxy) is 1. The first kappa shape index (κ1) is 36.2. The van der Waals surface area contributed by atoms with Crippen molar-refractivity contribution in [2.75, 3.05) is 18.6 Å². The number of phenolic OH excluding ortho intramolecular Hbond substituents is 2. The number of halogens is 1. The van der Waals surface area contributed by atoms with Gasteiger partial charge in [-0.05, 0) is 91.9 Å². The minimum Gasteiger partial charge on any atom is -0.508 e. The summed E-state index contributed by atoms with van der Waals surface area (Å²) in [5, 5.41) is 27.8. The molecule has 11 nitrogen and oxygen atoms in total. The molecule has 0 unspecified atom stereocenters. The normalized spacial score (nSPS) is 25.8. The van der Waals surface area contributed by atoms with Crippen LogP contribution in [0.25, 0.3) is 20.7 Å². The second-order valence-corrected chi connectivity index (χ2v) is 17.0. The van der Waals surface area contributed by atoms with E-state index in [1.807, 2.05) is 31.2 Å². The summed E-state index contributed by atoms with van der Waals surface area (Å²) in [7, 11) is 3.16. The second kappa shape index (κ2) is 13.1. The molecule has 4 heterocycles. The number of aromatic nitrogens is 2. The van der Waals surface area contributed by atoms with Gasteiger partial charge in [0.2, 0.25) is 23.6 Å². The standard InChI is InChI=1S/C43H39ClN4O7S/c1-21-28-18-23(44)10-15-33(28)56-38(21)31-20-34(46(3)45-31)48-40(52)30-19-29-25(36(43(30,2)42(48)54)27-6-5-7-32(55-4)37(27)50)13-14-26-35(29)41(53)47(39(26)51)17-16-22-8-11-24(49)12-9-22/h5-13,15,18,20,26,29-30,35-36,49-50H,14,16-17,19H2,1-4H3/t26-,29+,30-,35-,36+,43+/m0/s1. The summed E-state index contributed by atoms with van der Waals surface area (Å²) in [4.78, 5) is 61.8. The van der Waals surface area contributed by atoms with Gasteiger partial charge in [0.15, 0.2) is 11.5 Å². The van der Waals surface area contributed by atoms with Crippen LogP contribution in [0.1, 0.15) is 42.4 Å². The number of hydrogen-bond acceptors (Lipinski definition) is 9. The van der Waals surface area contributed by atoms with Gasteiger partial charge in [-0.3, -0.25) is 28.8 Å². The third-order valence-electron chi connectivity index (χ3n) is 12.7. The fourth-order valence-corrected chi connectivity index (χ4v) is 11.2. The number of benzene rings is 3. The molecule has 5 aromatic rings. The molecule has 9 rings (SSSR count). The Kier molecular flexibility index (Phi) is 8.44. The largest absolute Gasteiger partial charge is 0.508 e. The number of rotatable bonds is 7. The number of para-hydroxylation sites is 1. The maximum Gasteiger partial charge on any atom is 0.242 e. The molecule has 2 aromatic heterocycles. The van der Waals surface area contributed by atoms with Crippen LogP contribution in [-0.4, -0.2) is 62.2 Å². The van der Waals surface area contributed by atoms with Gasteiger partial charge in [-0.25, -0.2) is 4.90 Å². The SMILES string of the molecule is COc1cccc([C@H]2C3=CC[C@@H]4C(=O)N(CCc5ccc(O)cc5)C(=O)[C@@H]4[C@@H]3C[C@H]3C(=O)N(c4cc(-c5sc6ccc(Cl)cc6c5C)nn4C)C(=O)[C@@]23C)c1O. The highest BCUT2D eigenvalue weighted by Gasteiger charge is 2.68. The van der Waals surface area contributed by atoms with Crippen molar-refractivity contribution in [1.29, 1.82) is 0 Å². The molecule has 0 bridgehead atoms. The number of likely N-dealkylation sites (tertiary alicyclic amines) is 1. The number of methoxy groups -OCH3 is 1. The van der Waals surface area contributed by atoms with E-state index < -0.39 is 46.8 Å². The van der Waals surface area contributed by atoms with Crippen molar-refractivity contribution < 1.29 is 34.1 Å². The van der Waals surface area contributed by atoms with E-state index in [0.717, 1.165) is 31.7 Å². The number of fused-ring (bicyclic) bond motifs is 5. The Labute approximate surface area is 331 Å². The molecule has 286 valence electrons. The molecule has 0 radical (unpaired) electrons. The smallest absolute Gasteiger partial charge is 0.242 e. The van der Waals surface area contributed by atoms with Gasteiger partial charge in [-0.15, -0.1) is 11.3 Å². The number of thiophene rings is 1. The Morgan fingerprint density at radius 3 is 2.50 bits per heavy atom. The number of imide groups is 2. The quantitative estimate of drug-likeness (QED) is 0.131. The Balaban J connectivity index is 1.12. The molecule has 1 saturated carbocycles. The van der Waals surface area contributed by atoms with E-state index in [1.54, 1.807) is 78.5 Å². The number of allylic oxidation sites excluding steroid dienone is 2. The summed E-state index contributed by atoms with van der Waals surface area (Å²) in [5.74, 6) is -4.43. The molecule has 4 aliphatic rings. The lowest BCUT2D eigenvalue weighted by molar-refractivity contribution is -0.140. The van der Waals surface area contributed by atoms with Crippen molar-refractivity contribution in [3.05, 3.63) is 100 Å². The third kappa shape index (κ3) is 5.18. The molecule has 2 aliphatic carbocycles. The second-order valence-electron chi connectivity index (χ2n) is 15.5. The number of aryl methyl sites for hydroxylation is 2. The maximum atomic E-state index is 15.1. The predicted octanol–water partition coefficient (Wildman–Crippen LogP) is 7.16. The van der Waals surface area contributed by atoms with Gasteiger partial charge in [0.05, 0.1) is 35.2 Å². The molecule has 3 fully saturated rings.